The number of benzene rings is 1. The normalized spacial score (nSPS) is 10.7. The molecule has 0 atom stereocenters. The Hall–Kier alpha value is -2.30. The Labute approximate surface area is 136 Å². The van der Waals surface area contributed by atoms with Crippen LogP contribution in [0.15, 0.2) is 39.7 Å². The van der Waals surface area contributed by atoms with Crippen LogP contribution in [0.5, 0.6) is 0 Å². The Morgan fingerprint density at radius 2 is 2.04 bits per heavy atom. The summed E-state index contributed by atoms with van der Waals surface area (Å²) in [5.74, 6) is -2.39. The van der Waals surface area contributed by atoms with E-state index in [-0.39, 0.29) is 15.6 Å². The number of nitrogens with one attached hydrogen (secondary N) is 2. The number of halogens is 2. The summed E-state index contributed by atoms with van der Waals surface area (Å²) >= 11 is 2.17. The first-order valence-corrected chi connectivity index (χ1v) is 7.86. The summed E-state index contributed by atoms with van der Waals surface area (Å²) in [6.07, 6.45) is 0. The molecule has 0 aliphatic rings. The van der Waals surface area contributed by atoms with Crippen molar-refractivity contribution in [3.05, 3.63) is 46.8 Å². The van der Waals surface area contributed by atoms with Gasteiger partial charge >= 0.3 is 0 Å². The summed E-state index contributed by atoms with van der Waals surface area (Å²) in [6.45, 7) is 0. The van der Waals surface area contributed by atoms with Gasteiger partial charge in [0.1, 0.15) is 11.6 Å². The van der Waals surface area contributed by atoms with E-state index in [1.165, 1.54) is 16.8 Å². The molecule has 10 heteroatoms. The summed E-state index contributed by atoms with van der Waals surface area (Å²) in [5.41, 5.74) is 0.987. The number of aromatic amines is 1. The average molecular weight is 354 g/mol. The van der Waals surface area contributed by atoms with Crippen molar-refractivity contribution in [2.75, 3.05) is 0 Å². The molecule has 118 valence electrons. The van der Waals surface area contributed by atoms with E-state index in [4.69, 9.17) is 5.21 Å². The minimum Gasteiger partial charge on any atom is -0.315 e. The molecule has 0 bridgehead atoms. The molecule has 3 aromatic rings. The fourth-order valence-electron chi connectivity index (χ4n) is 1.77. The highest BCUT2D eigenvalue weighted by Crippen LogP contribution is 2.32. The maximum Gasteiger partial charge on any atom is 0.274 e. The monoisotopic (exact) mass is 354 g/mol. The number of amides is 1. The number of hydroxylamine groups is 1. The first kappa shape index (κ1) is 15.6. The molecule has 0 radical (unpaired) electrons. The van der Waals surface area contributed by atoms with Gasteiger partial charge in [0.2, 0.25) is 0 Å². The second-order valence-electron chi connectivity index (χ2n) is 4.27. The van der Waals surface area contributed by atoms with E-state index in [9.17, 15) is 13.6 Å². The van der Waals surface area contributed by atoms with Crippen molar-refractivity contribution in [1.82, 2.24) is 20.7 Å². The van der Waals surface area contributed by atoms with Gasteiger partial charge in [0.05, 0.1) is 9.77 Å². The van der Waals surface area contributed by atoms with E-state index < -0.39 is 17.5 Å². The number of H-pyrrole nitrogens is 1. The van der Waals surface area contributed by atoms with Gasteiger partial charge in [0.25, 0.3) is 5.91 Å². The van der Waals surface area contributed by atoms with Gasteiger partial charge < -0.3 is 4.98 Å². The van der Waals surface area contributed by atoms with E-state index in [0.29, 0.717) is 5.82 Å². The van der Waals surface area contributed by atoms with Crippen molar-refractivity contribution in [3.63, 3.8) is 0 Å². The first-order chi connectivity index (χ1) is 11.1. The average Bonchev–Trinajstić information content (AvgIpc) is 3.20. The van der Waals surface area contributed by atoms with Crippen LogP contribution in [0.2, 0.25) is 0 Å². The standard InChI is InChI=1S/C13H8F2N4O2S2/c14-7-4-6(12(20)19-21)5-8(15)10(7)23-13-16-11(17-18-13)9-2-1-3-22-9/h1-5,21H,(H,19,20)(H,16,17,18). The molecule has 0 spiro atoms. The van der Waals surface area contributed by atoms with Gasteiger partial charge in [-0.25, -0.2) is 14.3 Å². The molecule has 1 amide bonds. The van der Waals surface area contributed by atoms with Gasteiger partial charge in [0, 0.05) is 5.56 Å². The van der Waals surface area contributed by atoms with Crippen LogP contribution in [-0.2, 0) is 0 Å². The van der Waals surface area contributed by atoms with Crippen LogP contribution in [0.1, 0.15) is 10.4 Å². The minimum atomic E-state index is -1.00. The predicted molar refractivity (Wildman–Crippen MR) is 79.4 cm³/mol. The molecule has 23 heavy (non-hydrogen) atoms. The number of carbonyl (C=O) groups is 1. The Morgan fingerprint density at radius 3 is 2.65 bits per heavy atom. The zero-order valence-corrected chi connectivity index (χ0v) is 12.8. The highest BCUT2D eigenvalue weighted by molar-refractivity contribution is 7.99. The SMILES string of the molecule is O=C(NO)c1cc(F)c(Sc2nnc(-c3cccs3)[nH]2)c(F)c1. The fraction of sp³-hybridized carbons (Fsp3) is 0. The second-order valence-corrected chi connectivity index (χ2v) is 6.21. The Balaban J connectivity index is 1.87. The van der Waals surface area contributed by atoms with Crippen molar-refractivity contribution in [2.45, 2.75) is 10.1 Å². The second kappa shape index (κ2) is 6.44. The summed E-state index contributed by atoms with van der Waals surface area (Å²) in [4.78, 5) is 14.6. The number of aromatic nitrogens is 3. The van der Waals surface area contributed by atoms with Crippen LogP contribution >= 0.6 is 23.1 Å². The van der Waals surface area contributed by atoms with Crippen molar-refractivity contribution in [1.29, 1.82) is 0 Å². The lowest BCUT2D eigenvalue weighted by Crippen LogP contribution is -2.19. The molecule has 3 rings (SSSR count). The topological polar surface area (TPSA) is 90.9 Å². The lowest BCUT2D eigenvalue weighted by molar-refractivity contribution is 0.0705. The van der Waals surface area contributed by atoms with Gasteiger partial charge in [-0.2, -0.15) is 0 Å². The third kappa shape index (κ3) is 3.23. The zero-order chi connectivity index (χ0) is 16.4. The largest absolute Gasteiger partial charge is 0.315 e. The van der Waals surface area contributed by atoms with E-state index >= 15 is 0 Å². The van der Waals surface area contributed by atoms with Gasteiger partial charge in [-0.3, -0.25) is 10.0 Å². The Morgan fingerprint density at radius 1 is 1.30 bits per heavy atom. The molecule has 1 aromatic carbocycles. The molecule has 2 aromatic heterocycles. The maximum atomic E-state index is 14.0. The van der Waals surface area contributed by atoms with Crippen LogP contribution < -0.4 is 5.48 Å². The van der Waals surface area contributed by atoms with Crippen LogP contribution in [0.4, 0.5) is 8.78 Å². The lowest BCUT2D eigenvalue weighted by atomic mass is 10.2. The van der Waals surface area contributed by atoms with Crippen LogP contribution in [0, 0.1) is 11.6 Å². The number of hydrogen-bond acceptors (Lipinski definition) is 6. The maximum absolute atomic E-state index is 14.0. The molecule has 0 saturated heterocycles. The number of nitrogens with zero attached hydrogens (tertiary/aromatic N) is 2. The van der Waals surface area contributed by atoms with Gasteiger partial charge in [-0.15, -0.1) is 21.5 Å². The Bertz CT molecular complexity index is 829. The lowest BCUT2D eigenvalue weighted by Gasteiger charge is -2.05. The quantitative estimate of drug-likeness (QED) is 0.495. The molecule has 6 nitrogen and oxygen atoms in total. The van der Waals surface area contributed by atoms with Gasteiger partial charge in [-0.1, -0.05) is 6.07 Å². The molecule has 3 N–H and O–H groups in total. The van der Waals surface area contributed by atoms with Crippen molar-refractivity contribution in [2.24, 2.45) is 0 Å². The number of carbonyl (C=O) groups excluding carboxylic acids is 1. The molecule has 0 saturated carbocycles. The van der Waals surface area contributed by atoms with Crippen molar-refractivity contribution in [3.8, 4) is 10.7 Å². The van der Waals surface area contributed by atoms with Gasteiger partial charge in [-0.05, 0) is 35.3 Å². The first-order valence-electron chi connectivity index (χ1n) is 6.16. The molecule has 0 aliphatic carbocycles. The minimum absolute atomic E-state index is 0.213. The molecule has 0 unspecified atom stereocenters. The van der Waals surface area contributed by atoms with E-state index in [2.05, 4.69) is 15.2 Å². The van der Waals surface area contributed by atoms with Gasteiger partial charge in [0.15, 0.2) is 11.0 Å². The molecular formula is C13H8F2N4O2S2. The highest BCUT2D eigenvalue weighted by Gasteiger charge is 2.18. The van der Waals surface area contributed by atoms with Crippen molar-refractivity contribution >= 4 is 29.0 Å². The highest BCUT2D eigenvalue weighted by atomic mass is 32.2. The van der Waals surface area contributed by atoms with Crippen LogP contribution in [0.3, 0.4) is 0 Å². The zero-order valence-electron chi connectivity index (χ0n) is 11.2. The van der Waals surface area contributed by atoms with E-state index in [1.54, 1.807) is 0 Å². The third-order valence-electron chi connectivity index (χ3n) is 2.78. The molecule has 0 aliphatic heterocycles. The number of rotatable bonds is 4. The number of thiophene rings is 1. The summed E-state index contributed by atoms with van der Waals surface area (Å²) in [6, 6.07) is 5.34. The molecule has 0 fully saturated rings. The van der Waals surface area contributed by atoms with Crippen LogP contribution in [-0.4, -0.2) is 26.3 Å². The van der Waals surface area contributed by atoms with Crippen LogP contribution in [0.25, 0.3) is 10.7 Å². The third-order valence-corrected chi connectivity index (χ3v) is 4.63. The van der Waals surface area contributed by atoms with E-state index in [1.807, 2.05) is 17.5 Å². The predicted octanol–water partition coefficient (Wildman–Crippen LogP) is 3.08. The molecule has 2 heterocycles. The molecular weight excluding hydrogens is 346 g/mol. The van der Waals surface area contributed by atoms with Crippen molar-refractivity contribution < 1.29 is 18.8 Å². The summed E-state index contributed by atoms with van der Waals surface area (Å²) in [7, 11) is 0. The van der Waals surface area contributed by atoms with E-state index in [0.717, 1.165) is 28.8 Å². The smallest absolute Gasteiger partial charge is 0.274 e. The summed E-state index contributed by atoms with van der Waals surface area (Å²) < 4.78 is 28.0. The fourth-order valence-corrected chi connectivity index (χ4v) is 3.17. The number of hydrogen-bond donors (Lipinski definition) is 3. The summed E-state index contributed by atoms with van der Waals surface area (Å²) in [5, 5.41) is 18.3. The Kier molecular flexibility index (Phi) is 4.37.